The topological polar surface area (TPSA) is 57.8 Å². The molecule has 2 N–H and O–H groups in total. The number of anilines is 1. The number of rotatable bonds is 3. The van der Waals surface area contributed by atoms with E-state index in [1.54, 1.807) is 6.07 Å². The van der Waals surface area contributed by atoms with Gasteiger partial charge >= 0.3 is 6.18 Å². The van der Waals surface area contributed by atoms with Crippen LogP contribution >= 0.6 is 0 Å². The number of alkyl halides is 3. The van der Waals surface area contributed by atoms with E-state index in [1.165, 1.54) is 11.8 Å². The van der Waals surface area contributed by atoms with E-state index < -0.39 is 18.5 Å². The third-order valence-electron chi connectivity index (χ3n) is 4.72. The maximum absolute atomic E-state index is 12.6. The number of hydrogen-bond acceptors (Lipinski definition) is 2. The molecule has 0 fully saturated rings. The molecule has 134 valence electrons. The maximum atomic E-state index is 12.6. The Balaban J connectivity index is 1.89. The van der Waals surface area contributed by atoms with Crippen molar-refractivity contribution in [2.45, 2.75) is 51.1 Å². The number of aromatic nitrogens is 2. The van der Waals surface area contributed by atoms with Crippen LogP contribution in [0.3, 0.4) is 0 Å². The normalized spacial score (nSPS) is 18.9. The average molecular weight is 351 g/mol. The van der Waals surface area contributed by atoms with Gasteiger partial charge < -0.3 is 5.32 Å². The quantitative estimate of drug-likeness (QED) is 0.852. The third-order valence-corrected chi connectivity index (χ3v) is 4.72. The molecular formula is C18H20F3N3O. The summed E-state index contributed by atoms with van der Waals surface area (Å²) in [6, 6.07) is 5.69. The van der Waals surface area contributed by atoms with Crippen molar-refractivity contribution in [1.82, 2.24) is 10.2 Å². The second-order valence-electron chi connectivity index (χ2n) is 7.25. The van der Waals surface area contributed by atoms with Gasteiger partial charge in [-0.1, -0.05) is 32.9 Å². The zero-order valence-electron chi connectivity index (χ0n) is 14.3. The molecule has 2 aromatic rings. The lowest BCUT2D eigenvalue weighted by molar-refractivity contribution is -0.127. The van der Waals surface area contributed by atoms with E-state index in [0.717, 1.165) is 12.0 Å². The van der Waals surface area contributed by atoms with Crippen LogP contribution in [0.1, 0.15) is 60.3 Å². The molecular weight excluding hydrogens is 331 g/mol. The number of halogens is 3. The summed E-state index contributed by atoms with van der Waals surface area (Å²) in [6.07, 6.45) is -3.50. The molecule has 1 aliphatic carbocycles. The molecule has 1 amide bonds. The third kappa shape index (κ3) is 3.41. The number of amides is 1. The molecule has 1 heterocycles. The number of hydrogen-bond donors (Lipinski definition) is 2. The summed E-state index contributed by atoms with van der Waals surface area (Å²) >= 11 is 0. The highest BCUT2D eigenvalue weighted by molar-refractivity contribution is 6.05. The Morgan fingerprint density at radius 3 is 2.80 bits per heavy atom. The van der Waals surface area contributed by atoms with Gasteiger partial charge in [-0.05, 0) is 34.9 Å². The molecule has 1 aromatic carbocycles. The van der Waals surface area contributed by atoms with Crippen LogP contribution in [-0.2, 0) is 11.8 Å². The predicted molar refractivity (Wildman–Crippen MR) is 88.8 cm³/mol. The molecule has 1 atom stereocenters. The summed E-state index contributed by atoms with van der Waals surface area (Å²) in [7, 11) is 0. The molecule has 25 heavy (non-hydrogen) atoms. The van der Waals surface area contributed by atoms with Crippen molar-refractivity contribution in [2.75, 3.05) is 5.32 Å². The van der Waals surface area contributed by atoms with Gasteiger partial charge in [0.2, 0.25) is 0 Å². The first-order chi connectivity index (χ1) is 11.6. The van der Waals surface area contributed by atoms with E-state index in [-0.39, 0.29) is 22.6 Å². The van der Waals surface area contributed by atoms with Crippen molar-refractivity contribution in [1.29, 1.82) is 0 Å². The molecule has 1 unspecified atom stereocenters. The fourth-order valence-corrected chi connectivity index (χ4v) is 3.80. The summed E-state index contributed by atoms with van der Waals surface area (Å²) < 4.78 is 37.9. The van der Waals surface area contributed by atoms with Gasteiger partial charge in [-0.25, -0.2) is 0 Å². The lowest BCUT2D eigenvalue weighted by atomic mass is 9.86. The zero-order valence-corrected chi connectivity index (χ0v) is 14.3. The fraction of sp³-hybridized carbons (Fsp3) is 0.444. The summed E-state index contributed by atoms with van der Waals surface area (Å²) in [4.78, 5) is 12.5. The van der Waals surface area contributed by atoms with E-state index in [2.05, 4.69) is 36.3 Å². The van der Waals surface area contributed by atoms with E-state index in [0.29, 0.717) is 5.69 Å². The maximum Gasteiger partial charge on any atom is 0.394 e. The van der Waals surface area contributed by atoms with Crippen LogP contribution in [0.25, 0.3) is 0 Å². The predicted octanol–water partition coefficient (Wildman–Crippen LogP) is 4.55. The smallest absolute Gasteiger partial charge is 0.322 e. The van der Waals surface area contributed by atoms with Gasteiger partial charge in [0.25, 0.3) is 5.91 Å². The van der Waals surface area contributed by atoms with Gasteiger partial charge in [-0.15, -0.1) is 0 Å². The van der Waals surface area contributed by atoms with Crippen LogP contribution in [0.15, 0.2) is 24.4 Å². The summed E-state index contributed by atoms with van der Waals surface area (Å²) in [5.41, 5.74) is 2.50. The largest absolute Gasteiger partial charge is 0.394 e. The lowest BCUT2D eigenvalue weighted by Gasteiger charge is -2.19. The van der Waals surface area contributed by atoms with Crippen LogP contribution in [0.2, 0.25) is 0 Å². The van der Waals surface area contributed by atoms with Crippen LogP contribution in [0.4, 0.5) is 18.9 Å². The minimum atomic E-state index is -4.42. The highest BCUT2D eigenvalue weighted by atomic mass is 19.4. The molecule has 1 aromatic heterocycles. The van der Waals surface area contributed by atoms with Gasteiger partial charge in [0.15, 0.2) is 0 Å². The van der Waals surface area contributed by atoms with Crippen molar-refractivity contribution in [3.05, 3.63) is 46.8 Å². The van der Waals surface area contributed by atoms with Crippen molar-refractivity contribution in [3.63, 3.8) is 0 Å². The molecule has 3 rings (SSSR count). The van der Waals surface area contributed by atoms with Gasteiger partial charge in [-0.3, -0.25) is 9.89 Å². The first-order valence-corrected chi connectivity index (χ1v) is 8.12. The monoisotopic (exact) mass is 351 g/mol. The lowest BCUT2D eigenvalue weighted by Crippen LogP contribution is -2.19. The highest BCUT2D eigenvalue weighted by Crippen LogP contribution is 2.48. The van der Waals surface area contributed by atoms with Crippen molar-refractivity contribution in [3.8, 4) is 0 Å². The Labute approximate surface area is 143 Å². The minimum absolute atomic E-state index is 0.00652. The van der Waals surface area contributed by atoms with Gasteiger partial charge in [-0.2, -0.15) is 18.3 Å². The zero-order chi connectivity index (χ0) is 18.4. The molecule has 0 saturated heterocycles. The van der Waals surface area contributed by atoms with Crippen molar-refractivity contribution in [2.24, 2.45) is 0 Å². The number of aromatic amines is 1. The second kappa shape index (κ2) is 5.89. The first-order valence-electron chi connectivity index (χ1n) is 8.12. The van der Waals surface area contributed by atoms with Crippen LogP contribution < -0.4 is 5.32 Å². The van der Waals surface area contributed by atoms with Crippen LogP contribution in [0.5, 0.6) is 0 Å². The number of carbonyl (C=O) groups excluding carboxylic acids is 1. The molecule has 0 bridgehead atoms. The molecule has 0 saturated carbocycles. The Morgan fingerprint density at radius 1 is 1.40 bits per heavy atom. The minimum Gasteiger partial charge on any atom is -0.322 e. The SMILES string of the molecule is CC1CC(C)(C)c2cccc(NC(=O)c3c[nH]nc3CC(F)(F)F)c21. The Hall–Kier alpha value is -2.31. The van der Waals surface area contributed by atoms with E-state index in [9.17, 15) is 18.0 Å². The van der Waals surface area contributed by atoms with Crippen LogP contribution in [-0.4, -0.2) is 22.3 Å². The molecule has 0 radical (unpaired) electrons. The summed E-state index contributed by atoms with van der Waals surface area (Å²) in [5, 5.41) is 8.69. The molecule has 1 aliphatic rings. The Morgan fingerprint density at radius 2 is 2.12 bits per heavy atom. The average Bonchev–Trinajstić information content (AvgIpc) is 3.00. The number of nitrogens with zero attached hydrogens (tertiary/aromatic N) is 1. The number of nitrogens with one attached hydrogen (secondary N) is 2. The number of benzene rings is 1. The molecule has 0 aliphatic heterocycles. The van der Waals surface area contributed by atoms with E-state index in [4.69, 9.17) is 0 Å². The van der Waals surface area contributed by atoms with Gasteiger partial charge in [0.1, 0.15) is 0 Å². The molecule has 4 nitrogen and oxygen atoms in total. The molecule has 0 spiro atoms. The summed E-state index contributed by atoms with van der Waals surface area (Å²) in [6.45, 7) is 6.40. The number of H-pyrrole nitrogens is 1. The van der Waals surface area contributed by atoms with Gasteiger partial charge in [0.05, 0.1) is 17.7 Å². The summed E-state index contributed by atoms with van der Waals surface area (Å²) in [5.74, 6) is -0.321. The second-order valence-corrected chi connectivity index (χ2v) is 7.25. The van der Waals surface area contributed by atoms with Crippen LogP contribution in [0, 0.1) is 0 Å². The first kappa shape index (κ1) is 17.5. The molecule has 7 heteroatoms. The number of carbonyl (C=O) groups is 1. The Kier molecular flexibility index (Phi) is 4.13. The van der Waals surface area contributed by atoms with E-state index >= 15 is 0 Å². The van der Waals surface area contributed by atoms with Crippen molar-refractivity contribution < 1.29 is 18.0 Å². The number of fused-ring (bicyclic) bond motifs is 1. The van der Waals surface area contributed by atoms with E-state index in [1.807, 2.05) is 12.1 Å². The highest BCUT2D eigenvalue weighted by Gasteiger charge is 2.36. The Bertz CT molecular complexity index is 808. The van der Waals surface area contributed by atoms with Gasteiger partial charge in [0, 0.05) is 11.9 Å². The fourth-order valence-electron chi connectivity index (χ4n) is 3.80. The van der Waals surface area contributed by atoms with Crippen molar-refractivity contribution >= 4 is 11.6 Å². The standard InChI is InChI=1S/C18H20F3N3O/c1-10-7-17(2,3)12-5-4-6-13(15(10)12)23-16(25)11-9-22-24-14(11)8-18(19,20)21/h4-6,9-10H,7-8H2,1-3H3,(H,22,24)(H,23,25).